The molecule has 0 atom stereocenters. The zero-order chi connectivity index (χ0) is 13.0. The Bertz CT molecular complexity index is 450. The van der Waals surface area contributed by atoms with Gasteiger partial charge in [0.15, 0.2) is 0 Å². The normalized spacial score (nSPS) is 40.0. The summed E-state index contributed by atoms with van der Waals surface area (Å²) in [4.78, 5) is 3.73. The number of nitrogens with two attached hydrogens (primary N) is 1. The molecule has 0 aliphatic heterocycles. The second-order valence-electron chi connectivity index (χ2n) is 7.57. The van der Waals surface area contributed by atoms with Crippen LogP contribution in [0.2, 0.25) is 0 Å². The number of hydrogen-bond donors (Lipinski definition) is 2. The smallest absolute Gasteiger partial charge is 0.0215 e. The number of hydrogen-bond acceptors (Lipinski definition) is 1. The van der Waals surface area contributed by atoms with Gasteiger partial charge in [0.05, 0.1) is 0 Å². The quantitative estimate of drug-likeness (QED) is 0.858. The Morgan fingerprint density at radius 1 is 1.16 bits per heavy atom. The molecule has 2 nitrogen and oxygen atoms in total. The maximum absolute atomic E-state index is 5.73. The molecule has 4 bridgehead atoms. The number of aromatic amines is 1. The lowest BCUT2D eigenvalue weighted by atomic mass is 9.49. The number of nitrogens with one attached hydrogen (secondary N) is 1. The second kappa shape index (κ2) is 4.12. The number of aryl methyl sites for hydroxylation is 1. The lowest BCUT2D eigenvalue weighted by molar-refractivity contribution is -0.00701. The largest absolute Gasteiger partial charge is 0.362 e. The average Bonchev–Trinajstić information content (AvgIpc) is 2.70. The lowest BCUT2D eigenvalue weighted by Gasteiger charge is -2.56. The van der Waals surface area contributed by atoms with Gasteiger partial charge in [-0.1, -0.05) is 0 Å². The highest BCUT2D eigenvalue weighted by atomic mass is 14.8. The second-order valence-corrected chi connectivity index (χ2v) is 7.57. The van der Waals surface area contributed by atoms with E-state index in [0.29, 0.717) is 5.41 Å². The van der Waals surface area contributed by atoms with Crippen LogP contribution in [0.15, 0.2) is 6.07 Å². The zero-order valence-corrected chi connectivity index (χ0v) is 12.0. The van der Waals surface area contributed by atoms with Crippen LogP contribution in [-0.2, 0) is 11.8 Å². The van der Waals surface area contributed by atoms with Crippen LogP contribution in [0.3, 0.4) is 0 Å². The highest BCUT2D eigenvalue weighted by molar-refractivity contribution is 5.32. The molecule has 19 heavy (non-hydrogen) atoms. The Balaban J connectivity index is 1.69. The molecule has 1 aromatic rings. The molecule has 1 aromatic heterocycles. The Morgan fingerprint density at radius 3 is 2.26 bits per heavy atom. The topological polar surface area (TPSA) is 41.8 Å². The third-order valence-corrected chi connectivity index (χ3v) is 6.15. The Kier molecular flexibility index (Phi) is 2.60. The lowest BCUT2D eigenvalue weighted by Crippen LogP contribution is -2.48. The fourth-order valence-electron chi connectivity index (χ4n) is 5.74. The van der Waals surface area contributed by atoms with Crippen LogP contribution in [0.4, 0.5) is 0 Å². The summed E-state index contributed by atoms with van der Waals surface area (Å²) in [5.74, 6) is 3.06. The molecule has 3 N–H and O–H groups in total. The highest BCUT2D eigenvalue weighted by Crippen LogP contribution is 2.60. The first-order valence-electron chi connectivity index (χ1n) is 8.07. The van der Waals surface area contributed by atoms with Gasteiger partial charge < -0.3 is 10.7 Å². The molecule has 0 saturated heterocycles. The van der Waals surface area contributed by atoms with Gasteiger partial charge in [0.2, 0.25) is 0 Å². The van der Waals surface area contributed by atoms with E-state index < -0.39 is 0 Å². The van der Waals surface area contributed by atoms with Crippen LogP contribution in [0, 0.1) is 24.7 Å². The molecule has 4 aliphatic rings. The number of H-pyrrole nitrogens is 1. The minimum Gasteiger partial charge on any atom is -0.362 e. The molecule has 0 radical (unpaired) electrons. The first-order valence-corrected chi connectivity index (χ1v) is 8.07. The molecule has 0 spiro atoms. The predicted octanol–water partition coefficient (Wildman–Crippen LogP) is 3.29. The van der Waals surface area contributed by atoms with Crippen LogP contribution in [0.25, 0.3) is 0 Å². The summed E-state index contributed by atoms with van der Waals surface area (Å²) in [5.41, 5.74) is 10.6. The molecular weight excluding hydrogens is 232 g/mol. The van der Waals surface area contributed by atoms with Crippen molar-refractivity contribution >= 4 is 0 Å². The SMILES string of the molecule is Cc1[nH]c(C23CC4CC(CC(C4)C2)C3)cc1CCN. The molecule has 104 valence electrons. The van der Waals surface area contributed by atoms with Crippen molar-refractivity contribution in [1.29, 1.82) is 0 Å². The van der Waals surface area contributed by atoms with Gasteiger partial charge in [-0.05, 0) is 87.8 Å². The molecule has 1 heterocycles. The molecule has 0 amide bonds. The van der Waals surface area contributed by atoms with Crippen molar-refractivity contribution in [3.05, 3.63) is 23.0 Å². The summed E-state index contributed by atoms with van der Waals surface area (Å²) >= 11 is 0. The van der Waals surface area contributed by atoms with Crippen LogP contribution < -0.4 is 5.73 Å². The average molecular weight is 258 g/mol. The summed E-state index contributed by atoms with van der Waals surface area (Å²) < 4.78 is 0. The van der Waals surface area contributed by atoms with E-state index in [1.807, 2.05) is 0 Å². The van der Waals surface area contributed by atoms with Crippen molar-refractivity contribution in [1.82, 2.24) is 4.98 Å². The van der Waals surface area contributed by atoms with Crippen molar-refractivity contribution in [2.24, 2.45) is 23.5 Å². The summed E-state index contributed by atoms with van der Waals surface area (Å²) in [7, 11) is 0. The highest BCUT2D eigenvalue weighted by Gasteiger charge is 2.52. The Morgan fingerprint density at radius 2 is 1.74 bits per heavy atom. The summed E-state index contributed by atoms with van der Waals surface area (Å²) in [6, 6.07) is 2.45. The van der Waals surface area contributed by atoms with Gasteiger partial charge in [-0.2, -0.15) is 0 Å². The zero-order valence-electron chi connectivity index (χ0n) is 12.0. The van der Waals surface area contributed by atoms with E-state index in [9.17, 15) is 0 Å². The predicted molar refractivity (Wildman–Crippen MR) is 78.1 cm³/mol. The van der Waals surface area contributed by atoms with E-state index in [1.54, 1.807) is 5.69 Å². The van der Waals surface area contributed by atoms with E-state index in [2.05, 4.69) is 18.0 Å². The van der Waals surface area contributed by atoms with Crippen LogP contribution in [0.5, 0.6) is 0 Å². The molecule has 4 saturated carbocycles. The minimum absolute atomic E-state index is 0.506. The van der Waals surface area contributed by atoms with Crippen molar-refractivity contribution in [3.63, 3.8) is 0 Å². The summed E-state index contributed by atoms with van der Waals surface area (Å²) in [5, 5.41) is 0. The molecular formula is C17H26N2. The Labute approximate surface area is 116 Å². The van der Waals surface area contributed by atoms with Gasteiger partial charge in [-0.3, -0.25) is 0 Å². The van der Waals surface area contributed by atoms with Crippen LogP contribution in [-0.4, -0.2) is 11.5 Å². The Hall–Kier alpha value is -0.760. The molecule has 0 aromatic carbocycles. The molecule has 2 heteroatoms. The van der Waals surface area contributed by atoms with E-state index in [1.165, 1.54) is 49.8 Å². The van der Waals surface area contributed by atoms with E-state index in [4.69, 9.17) is 5.73 Å². The van der Waals surface area contributed by atoms with E-state index in [-0.39, 0.29) is 0 Å². The first-order chi connectivity index (χ1) is 9.18. The maximum atomic E-state index is 5.73. The molecule has 4 fully saturated rings. The van der Waals surface area contributed by atoms with Gasteiger partial charge in [0.1, 0.15) is 0 Å². The number of aromatic nitrogens is 1. The van der Waals surface area contributed by atoms with E-state index >= 15 is 0 Å². The monoisotopic (exact) mass is 258 g/mol. The van der Waals surface area contributed by atoms with Gasteiger partial charge >= 0.3 is 0 Å². The van der Waals surface area contributed by atoms with Crippen molar-refractivity contribution < 1.29 is 0 Å². The summed E-state index contributed by atoms with van der Waals surface area (Å²) in [6.45, 7) is 2.98. The van der Waals surface area contributed by atoms with Gasteiger partial charge in [0, 0.05) is 16.8 Å². The van der Waals surface area contributed by atoms with Gasteiger partial charge in [0.25, 0.3) is 0 Å². The third-order valence-electron chi connectivity index (χ3n) is 6.15. The van der Waals surface area contributed by atoms with Crippen LogP contribution >= 0.6 is 0 Å². The first kappa shape index (κ1) is 12.0. The summed E-state index contributed by atoms with van der Waals surface area (Å²) in [6.07, 6.45) is 9.93. The minimum atomic E-state index is 0.506. The standard InChI is InChI=1S/C17H26N2/c1-11-15(2-3-18)7-16(19-11)17-8-12-4-13(9-17)6-14(5-12)10-17/h7,12-14,19H,2-6,8-10,18H2,1H3. The fraction of sp³-hybridized carbons (Fsp3) is 0.765. The van der Waals surface area contributed by atoms with Crippen LogP contribution in [0.1, 0.15) is 55.5 Å². The molecule has 5 rings (SSSR count). The van der Waals surface area contributed by atoms with Gasteiger partial charge in [-0.25, -0.2) is 0 Å². The van der Waals surface area contributed by atoms with E-state index in [0.717, 1.165) is 30.7 Å². The van der Waals surface area contributed by atoms with Crippen molar-refractivity contribution in [2.75, 3.05) is 6.54 Å². The maximum Gasteiger partial charge on any atom is 0.0215 e. The van der Waals surface area contributed by atoms with Crippen molar-refractivity contribution in [3.8, 4) is 0 Å². The molecule has 0 unspecified atom stereocenters. The third kappa shape index (κ3) is 1.79. The van der Waals surface area contributed by atoms with Crippen molar-refractivity contribution in [2.45, 2.75) is 57.3 Å². The fourth-order valence-corrected chi connectivity index (χ4v) is 5.74. The van der Waals surface area contributed by atoms with Gasteiger partial charge in [-0.15, -0.1) is 0 Å². The number of rotatable bonds is 3. The molecule has 4 aliphatic carbocycles.